The summed E-state index contributed by atoms with van der Waals surface area (Å²) in [4.78, 5) is 123. The van der Waals surface area contributed by atoms with Gasteiger partial charge in [-0.05, 0) is 258 Å². The molecule has 0 saturated carbocycles. The normalized spacial score (nSPS) is 25.7. The fraction of sp³-hybridized carbons (Fsp3) is 0.317. The number of methoxy groups -OCH3 is 2. The Balaban J connectivity index is 0.000000120. The number of aromatic carboxylic acids is 2. The van der Waals surface area contributed by atoms with E-state index in [-0.39, 0.29) is 133 Å². The summed E-state index contributed by atoms with van der Waals surface area (Å²) in [7, 11) is 2.75. The highest BCUT2D eigenvalue weighted by atomic mass is 16.7. The second-order valence-corrected chi connectivity index (χ2v) is 34.0. The minimum atomic E-state index is -0.897. The molecular weight excluding hydrogens is 1650 g/mol. The molecule has 21 rings (SSSR count). The van der Waals surface area contributed by atoms with Crippen LogP contribution in [-0.4, -0.2) is 186 Å². The van der Waals surface area contributed by atoms with Crippen LogP contribution in [-0.2, 0) is 61.8 Å². The Hall–Kier alpha value is -13.9. The van der Waals surface area contributed by atoms with E-state index in [1.807, 2.05) is 91.5 Å². The van der Waals surface area contributed by atoms with Gasteiger partial charge in [-0.2, -0.15) is 0 Å². The number of benzene rings is 6. The van der Waals surface area contributed by atoms with Gasteiger partial charge in [-0.15, -0.1) is 0 Å². The summed E-state index contributed by atoms with van der Waals surface area (Å²) in [6.07, 6.45) is 26.1. The van der Waals surface area contributed by atoms with Gasteiger partial charge in [0.2, 0.25) is 0 Å². The lowest BCUT2D eigenvalue weighted by Crippen LogP contribution is -2.29. The van der Waals surface area contributed by atoms with E-state index >= 15 is 0 Å². The summed E-state index contributed by atoms with van der Waals surface area (Å²) < 4.78 is 54.7. The fourth-order valence-electron chi connectivity index (χ4n) is 17.6. The van der Waals surface area contributed by atoms with E-state index in [0.717, 1.165) is 159 Å². The van der Waals surface area contributed by atoms with Crippen molar-refractivity contribution in [2.24, 2.45) is 17.8 Å². The number of H-pyrrole nitrogens is 6. The number of carbonyl (C=O) groups is 9. The Morgan fingerprint density at radius 1 is 0.372 bits per heavy atom. The molecule has 0 bridgehead atoms. The van der Waals surface area contributed by atoms with Gasteiger partial charge in [0, 0.05) is 121 Å². The Kier molecular flexibility index (Phi) is 27.0. The van der Waals surface area contributed by atoms with Crippen LogP contribution in [0.25, 0.3) is 65.4 Å². The van der Waals surface area contributed by atoms with Crippen LogP contribution in [0.3, 0.4) is 0 Å². The molecule has 6 fully saturated rings. The fourth-order valence-corrected chi connectivity index (χ4v) is 17.6. The van der Waals surface area contributed by atoms with Gasteiger partial charge >= 0.3 is 53.7 Å². The molecule has 6 aromatic carbocycles. The first-order valence-electron chi connectivity index (χ1n) is 42.9. The number of fused-ring (bicyclic) bond motifs is 15. The van der Waals surface area contributed by atoms with Crippen molar-refractivity contribution in [3.05, 3.63) is 288 Å². The first-order chi connectivity index (χ1) is 62.1. The van der Waals surface area contributed by atoms with Crippen LogP contribution in [0.15, 0.2) is 254 Å². The molecule has 3 aliphatic carbocycles. The second kappa shape index (κ2) is 38.7. The van der Waals surface area contributed by atoms with Gasteiger partial charge in [-0.3, -0.25) is 0 Å². The van der Waals surface area contributed by atoms with Crippen LogP contribution in [0.4, 0.5) is 0 Å². The molecule has 6 saturated heterocycles. The molecule has 12 heterocycles. The molecule has 0 amide bonds. The molecule has 6 aromatic heterocycles. The number of aliphatic hydroxyl groups excluding tert-OH is 1. The van der Waals surface area contributed by atoms with Crippen LogP contribution in [0.1, 0.15) is 160 Å². The smallest absolute Gasteiger partial charge is 0.338 e. The van der Waals surface area contributed by atoms with Crippen LogP contribution in [0, 0.1) is 17.8 Å². The second-order valence-electron chi connectivity index (χ2n) is 34.0. The number of rotatable bonds is 11. The topological polar surface area (TPSA) is 411 Å². The van der Waals surface area contributed by atoms with E-state index in [9.17, 15) is 48.3 Å². The third kappa shape index (κ3) is 20.7. The molecule has 0 unspecified atom stereocenters. The van der Waals surface area contributed by atoms with E-state index in [1.165, 1.54) is 14.2 Å². The first kappa shape index (κ1) is 89.9. The van der Waals surface area contributed by atoms with Gasteiger partial charge in [-0.25, -0.2) is 43.2 Å². The molecule has 9 N–H and O–H groups in total. The monoisotopic (exact) mass is 1750 g/mol. The summed E-state index contributed by atoms with van der Waals surface area (Å²) in [6.45, 7) is 18.5. The highest BCUT2D eigenvalue weighted by molar-refractivity contribution is 5.99. The lowest BCUT2D eigenvalue weighted by Gasteiger charge is -2.20. The maximum absolute atomic E-state index is 12.6. The number of nitrogens with one attached hydrogen (secondary N) is 6. The van der Waals surface area contributed by atoms with Gasteiger partial charge < -0.3 is 92.6 Å². The van der Waals surface area contributed by atoms with E-state index < -0.39 is 11.9 Å². The lowest BCUT2D eigenvalue weighted by atomic mass is 9.84. The van der Waals surface area contributed by atoms with E-state index in [0.29, 0.717) is 50.1 Å². The van der Waals surface area contributed by atoms with Crippen molar-refractivity contribution >= 4 is 119 Å². The third-order valence-corrected chi connectivity index (χ3v) is 25.4. The zero-order valence-electron chi connectivity index (χ0n) is 72.1. The molecule has 668 valence electrons. The number of carbonyl (C=O) groups excluding carboxylic acids is 7. The van der Waals surface area contributed by atoms with Crippen molar-refractivity contribution in [1.82, 2.24) is 29.9 Å². The average Bonchev–Trinajstić information content (AvgIpc) is 1.58. The van der Waals surface area contributed by atoms with Gasteiger partial charge in [0.05, 0.1) is 71.0 Å². The molecule has 0 spiro atoms. The number of aliphatic hydroxyl groups is 1. The van der Waals surface area contributed by atoms with Crippen LogP contribution >= 0.6 is 0 Å². The Bertz CT molecular complexity index is 6080. The molecule has 9 aliphatic rings. The number of ether oxygens (including phenoxy) is 10. The van der Waals surface area contributed by atoms with E-state index in [2.05, 4.69) is 98.1 Å². The van der Waals surface area contributed by atoms with Crippen molar-refractivity contribution in [1.29, 1.82) is 0 Å². The summed E-state index contributed by atoms with van der Waals surface area (Å²) in [5.74, 6) is -4.11. The average molecular weight is 1750 g/mol. The third-order valence-electron chi connectivity index (χ3n) is 25.4. The predicted molar refractivity (Wildman–Crippen MR) is 481 cm³/mol. The zero-order valence-corrected chi connectivity index (χ0v) is 72.1. The Labute approximate surface area is 741 Å². The number of esters is 7. The van der Waals surface area contributed by atoms with Crippen LogP contribution in [0.5, 0.6) is 0 Å². The highest BCUT2D eigenvalue weighted by Gasteiger charge is 2.64. The van der Waals surface area contributed by atoms with Gasteiger partial charge in [0.25, 0.3) is 0 Å². The Morgan fingerprint density at radius 3 is 1.01 bits per heavy atom. The van der Waals surface area contributed by atoms with Gasteiger partial charge in [-0.1, -0.05) is 56.2 Å². The first-order valence-corrected chi connectivity index (χ1v) is 42.9. The lowest BCUT2D eigenvalue weighted by molar-refractivity contribution is -0.140. The number of carboxylic acids is 2. The molecule has 12 atom stereocenters. The molecule has 12 aromatic rings. The van der Waals surface area contributed by atoms with E-state index in [1.54, 1.807) is 91.3 Å². The molecule has 0 radical (unpaired) electrons. The van der Waals surface area contributed by atoms with Crippen LogP contribution in [0.2, 0.25) is 0 Å². The van der Waals surface area contributed by atoms with Crippen LogP contribution < -0.4 is 0 Å². The van der Waals surface area contributed by atoms with Crippen molar-refractivity contribution in [3.63, 3.8) is 0 Å². The molecule has 129 heavy (non-hydrogen) atoms. The van der Waals surface area contributed by atoms with E-state index in [4.69, 9.17) is 48.1 Å². The molecule has 6 aliphatic heterocycles. The number of hydrogen-bond donors (Lipinski definition) is 9. The van der Waals surface area contributed by atoms with Crippen molar-refractivity contribution < 1.29 is 106 Å². The van der Waals surface area contributed by atoms with Gasteiger partial charge in [0.1, 0.15) is 49.8 Å². The number of aromatic amines is 6. The summed E-state index contributed by atoms with van der Waals surface area (Å²) in [5, 5.41) is 32.8. The largest absolute Gasteiger partial charge is 0.478 e. The van der Waals surface area contributed by atoms with Crippen molar-refractivity contribution in [2.45, 2.75) is 151 Å². The van der Waals surface area contributed by atoms with Crippen molar-refractivity contribution in [3.8, 4) is 0 Å². The maximum atomic E-state index is 12.6. The number of hydrogen-bond acceptors (Lipinski definition) is 20. The number of allylic oxidation sites excluding steroid dienone is 3. The maximum Gasteiger partial charge on any atom is 0.338 e. The Morgan fingerprint density at radius 2 is 0.651 bits per heavy atom. The SMILES string of the molecule is C=C1C(=O)O[C@H]2[C@H]1CC/C(CO)=C\CC[C@@]1(C)O[C@@H]21.C=C1C(=O)O[C@H]2[C@H]1CC/C(COC(=O)c1ccc3[nH]ccc3c1)=C\CC[C@@]1(C)O[C@@H]21.C=C1C(=O)O[C@H]2[C@H]1CC/C(COC(=O)c1ccc3cc[nH]c3c1)=C\CC[C@@]1(C)O[C@@H]21.COC(=O)c1ccc2[nH]ccc2c1.COC(=O)c1ccc2cc[nH]c2c1.O=C(O)c1ccc2[nH]ccc2c1.O=C(O)c1ccc2cc[nH]c2c1. The molecular formula is C101H102N6O22. The summed E-state index contributed by atoms with van der Waals surface area (Å²) in [6, 6.07) is 43.3. The highest BCUT2D eigenvalue weighted by Crippen LogP contribution is 2.53. The number of carboxylic acid groups (broad SMARTS) is 2. The standard InChI is InChI=1S/2C24H25NO5.C15H20O4.2C10H9NO2.2C9H7NO2/c1-14-18-8-5-15(4-3-10-24(2)21(30-24)20(18)29-22(14)26)13-28-23(27)17-7-6-16-9-11-25-19(16)12-17;1-14-18-7-5-15(4-3-10-24(2)21(30-24)20(18)29-22(14)26)13-28-23(27)17-6-8-19-16(12-17)9-11-25-19;1-9-11-6-5-10(8-16)4-3-7-15(2)13(19-15)12(11)18-14(9)17;1-13-10(12)8-2-3-9-7(6-8)4-5-11-9;1-13-10(12)8-3-2-7-4-5-11-9(7)6-8;11-9(12)7-1-2-8-6(5-7)3-4-10-8;11-9(12)7-2-1-6-3-4-10-8(6)5-7/h4,6-7,9,11-12,18,20-21,25H,1,3,5,8,10,13H2,2H3;4,6,8-9,11-12,18,20-21,25H,1,3,5,7,10,13H2,2H3;4,11-13,16H,1,3,5-8H2,2H3;2*2-6,11H,1H3;2*1-5,10H,(H,11,12)/b2*15-4+;10-4+;;;;/t2*18-,20-,21-,24+;11-,12-,13-,15+;;;;/m000..../s1. The van der Waals surface area contributed by atoms with Gasteiger partial charge in [0.15, 0.2) is 0 Å². The van der Waals surface area contributed by atoms with Crippen molar-refractivity contribution in [2.75, 3.05) is 34.0 Å². The zero-order chi connectivity index (χ0) is 91.0. The minimum absolute atomic E-state index is 0.00442. The minimum Gasteiger partial charge on any atom is -0.478 e. The molecule has 28 heteroatoms. The molecule has 28 nitrogen and oxygen atoms in total. The number of epoxide rings is 3. The quantitative estimate of drug-likeness (QED) is 0.0191. The summed E-state index contributed by atoms with van der Waals surface area (Å²) >= 11 is 0. The number of aromatic nitrogens is 6. The predicted octanol–water partition coefficient (Wildman–Crippen LogP) is 17.5. The summed E-state index contributed by atoms with van der Waals surface area (Å²) in [5.41, 5.74) is 12.5.